The average molecular weight is 489 g/mol. The first-order chi connectivity index (χ1) is 15.9. The molecule has 0 N–H and O–H groups in total. The van der Waals surface area contributed by atoms with Crippen molar-refractivity contribution in [1.82, 2.24) is 15.0 Å². The van der Waals surface area contributed by atoms with Crippen LogP contribution in [0.1, 0.15) is 28.9 Å². The summed E-state index contributed by atoms with van der Waals surface area (Å²) in [4.78, 5) is 21.4. The van der Waals surface area contributed by atoms with Gasteiger partial charge in [-0.25, -0.2) is 15.0 Å². The topological polar surface area (TPSA) is 71.6 Å². The van der Waals surface area contributed by atoms with Gasteiger partial charge in [-0.3, -0.25) is 4.79 Å². The number of rotatable bonds is 5. The zero-order valence-electron chi connectivity index (χ0n) is 16.8. The molecule has 0 saturated heterocycles. The minimum absolute atomic E-state index is 0.0949. The molecule has 1 aliphatic heterocycles. The lowest BCUT2D eigenvalue weighted by atomic mass is 10.1. The second-order valence-electron chi connectivity index (χ2n) is 7.15. The van der Waals surface area contributed by atoms with Crippen molar-refractivity contribution in [2.75, 3.05) is 5.75 Å². The molecular weight excluding hydrogens is 473 g/mol. The zero-order valence-corrected chi connectivity index (χ0v) is 18.5. The summed E-state index contributed by atoms with van der Waals surface area (Å²) in [6, 6.07) is 13.3. The Labute approximate surface area is 194 Å². The number of benzene rings is 1. The summed E-state index contributed by atoms with van der Waals surface area (Å²) in [7, 11) is 0. The standard InChI is InChI=1S/C22H15F3N4O2S2/c23-22(24,25)21-26-14-6-2-1-5-13(14)20(27-21)33-12-19(30)29-16(17-7-3-9-31-17)11-15(28-29)18-8-4-10-32-18/h1-10,16H,11-12H2/t16-/m1/s1. The largest absolute Gasteiger partial charge is 0.467 e. The Balaban J connectivity index is 1.42. The summed E-state index contributed by atoms with van der Waals surface area (Å²) >= 11 is 2.45. The highest BCUT2D eigenvalue weighted by atomic mass is 32.2. The molecule has 0 spiro atoms. The smallest absolute Gasteiger partial charge is 0.451 e. The van der Waals surface area contributed by atoms with Gasteiger partial charge in [-0.05, 0) is 29.6 Å². The van der Waals surface area contributed by atoms with Crippen LogP contribution in [0.3, 0.4) is 0 Å². The Bertz CT molecular complexity index is 1320. The number of furan rings is 1. The molecule has 0 saturated carbocycles. The summed E-state index contributed by atoms with van der Waals surface area (Å²) in [6.45, 7) is 0. The highest BCUT2D eigenvalue weighted by molar-refractivity contribution is 8.00. The van der Waals surface area contributed by atoms with Gasteiger partial charge in [-0.15, -0.1) is 11.3 Å². The maximum atomic E-state index is 13.3. The van der Waals surface area contributed by atoms with Crippen LogP contribution in [0.25, 0.3) is 10.9 Å². The van der Waals surface area contributed by atoms with Crippen molar-refractivity contribution in [3.63, 3.8) is 0 Å². The van der Waals surface area contributed by atoms with Gasteiger partial charge in [-0.1, -0.05) is 36.0 Å². The molecule has 168 valence electrons. The molecule has 3 aromatic heterocycles. The Morgan fingerprint density at radius 3 is 2.73 bits per heavy atom. The van der Waals surface area contributed by atoms with Crippen molar-refractivity contribution in [3.8, 4) is 0 Å². The van der Waals surface area contributed by atoms with Gasteiger partial charge in [0.1, 0.15) is 16.8 Å². The van der Waals surface area contributed by atoms with Crippen LogP contribution in [0, 0.1) is 0 Å². The molecule has 11 heteroatoms. The van der Waals surface area contributed by atoms with Crippen LogP contribution >= 0.6 is 23.1 Å². The molecule has 1 amide bonds. The number of fused-ring (bicyclic) bond motifs is 1. The Morgan fingerprint density at radius 2 is 2.00 bits per heavy atom. The quantitative estimate of drug-likeness (QED) is 0.263. The predicted molar refractivity (Wildman–Crippen MR) is 119 cm³/mol. The molecule has 0 bridgehead atoms. The van der Waals surface area contributed by atoms with E-state index in [1.54, 1.807) is 30.3 Å². The number of alkyl halides is 3. The fraction of sp³-hybridized carbons (Fsp3) is 0.182. The summed E-state index contributed by atoms with van der Waals surface area (Å²) in [5.41, 5.74) is 0.930. The molecule has 1 aliphatic rings. The molecule has 0 radical (unpaired) electrons. The molecule has 5 rings (SSSR count). The van der Waals surface area contributed by atoms with Crippen molar-refractivity contribution >= 4 is 45.6 Å². The monoisotopic (exact) mass is 488 g/mol. The van der Waals surface area contributed by atoms with Crippen molar-refractivity contribution in [3.05, 3.63) is 76.6 Å². The lowest BCUT2D eigenvalue weighted by Crippen LogP contribution is -2.28. The number of aromatic nitrogens is 2. The van der Waals surface area contributed by atoms with Gasteiger partial charge in [0.05, 0.1) is 28.1 Å². The number of thiophene rings is 1. The average Bonchev–Trinajstić information content (AvgIpc) is 3.57. The van der Waals surface area contributed by atoms with Crippen LogP contribution in [0.5, 0.6) is 0 Å². The minimum Gasteiger partial charge on any atom is -0.467 e. The van der Waals surface area contributed by atoms with E-state index in [-0.39, 0.29) is 22.2 Å². The number of hydrogen-bond donors (Lipinski definition) is 0. The van der Waals surface area contributed by atoms with E-state index in [1.807, 2.05) is 17.5 Å². The fourth-order valence-electron chi connectivity index (χ4n) is 3.51. The van der Waals surface area contributed by atoms with E-state index in [2.05, 4.69) is 15.1 Å². The molecule has 6 nitrogen and oxygen atoms in total. The van der Waals surface area contributed by atoms with Crippen molar-refractivity contribution in [2.45, 2.75) is 23.7 Å². The van der Waals surface area contributed by atoms with Gasteiger partial charge in [0.25, 0.3) is 5.91 Å². The minimum atomic E-state index is -4.69. The van der Waals surface area contributed by atoms with Crippen LogP contribution < -0.4 is 0 Å². The van der Waals surface area contributed by atoms with Crippen molar-refractivity contribution < 1.29 is 22.4 Å². The van der Waals surface area contributed by atoms with E-state index in [0.29, 0.717) is 17.6 Å². The molecule has 0 aliphatic carbocycles. The summed E-state index contributed by atoms with van der Waals surface area (Å²) in [5, 5.41) is 8.36. The van der Waals surface area contributed by atoms with E-state index in [9.17, 15) is 18.0 Å². The molecule has 33 heavy (non-hydrogen) atoms. The summed E-state index contributed by atoms with van der Waals surface area (Å²) < 4.78 is 45.4. The number of carbonyl (C=O) groups is 1. The van der Waals surface area contributed by atoms with Gasteiger partial charge in [-0.2, -0.15) is 18.3 Å². The summed E-state index contributed by atoms with van der Waals surface area (Å²) in [5.74, 6) is -1.14. The Hall–Kier alpha value is -3.18. The number of carbonyl (C=O) groups excluding carboxylic acids is 1. The van der Waals surface area contributed by atoms with Gasteiger partial charge >= 0.3 is 6.18 Å². The van der Waals surface area contributed by atoms with Gasteiger partial charge < -0.3 is 4.42 Å². The first-order valence-corrected chi connectivity index (χ1v) is 11.7. The van der Waals surface area contributed by atoms with E-state index >= 15 is 0 Å². The number of para-hydroxylation sites is 1. The summed E-state index contributed by atoms with van der Waals surface area (Å²) in [6.07, 6.45) is -2.68. The van der Waals surface area contributed by atoms with Crippen molar-refractivity contribution in [2.24, 2.45) is 5.10 Å². The molecule has 0 fully saturated rings. The number of hydrogen-bond acceptors (Lipinski definition) is 7. The highest BCUT2D eigenvalue weighted by Gasteiger charge is 2.37. The van der Waals surface area contributed by atoms with Gasteiger partial charge in [0, 0.05) is 11.8 Å². The third-order valence-corrected chi connectivity index (χ3v) is 6.89. The normalized spacial score (nSPS) is 16.4. The molecular formula is C22H15F3N4O2S2. The molecule has 4 aromatic rings. The van der Waals surface area contributed by atoms with Crippen LogP contribution in [-0.2, 0) is 11.0 Å². The van der Waals surface area contributed by atoms with Crippen molar-refractivity contribution in [1.29, 1.82) is 0 Å². The first-order valence-electron chi connectivity index (χ1n) is 9.84. The molecule has 1 atom stereocenters. The van der Waals surface area contributed by atoms with E-state index < -0.39 is 18.0 Å². The lowest BCUT2D eigenvalue weighted by Gasteiger charge is -2.19. The second-order valence-corrected chi connectivity index (χ2v) is 9.07. The number of nitrogens with zero attached hydrogens (tertiary/aromatic N) is 4. The number of halogens is 3. The molecule has 0 unspecified atom stereocenters. The van der Waals surface area contributed by atoms with E-state index in [0.717, 1.165) is 22.4 Å². The predicted octanol–water partition coefficient (Wildman–Crippen LogP) is 5.77. The van der Waals surface area contributed by atoms with Crippen LogP contribution in [0.15, 0.2) is 74.7 Å². The molecule has 4 heterocycles. The van der Waals surface area contributed by atoms with Gasteiger partial charge in [0.15, 0.2) is 0 Å². The zero-order chi connectivity index (χ0) is 23.0. The molecule has 1 aromatic carbocycles. The first kappa shape index (κ1) is 21.7. The third kappa shape index (κ3) is 4.38. The Kier molecular flexibility index (Phi) is 5.67. The number of amides is 1. The highest BCUT2D eigenvalue weighted by Crippen LogP contribution is 2.36. The SMILES string of the molecule is O=C(CSc1nc(C(F)(F)F)nc2ccccc12)N1N=C(c2cccs2)C[C@@H]1c1ccco1. The maximum Gasteiger partial charge on any atom is 0.451 e. The maximum absolute atomic E-state index is 13.3. The fourth-order valence-corrected chi connectivity index (χ4v) is 5.11. The van der Waals surface area contributed by atoms with Crippen LogP contribution in [-0.4, -0.2) is 32.3 Å². The second kappa shape index (κ2) is 8.64. The van der Waals surface area contributed by atoms with Crippen LogP contribution in [0.2, 0.25) is 0 Å². The number of hydrazone groups is 1. The van der Waals surface area contributed by atoms with Crippen LogP contribution in [0.4, 0.5) is 13.2 Å². The lowest BCUT2D eigenvalue weighted by molar-refractivity contribution is -0.145. The third-order valence-electron chi connectivity index (χ3n) is 5.00. The number of thioether (sulfide) groups is 1. The van der Waals surface area contributed by atoms with E-state index in [1.165, 1.54) is 28.7 Å². The Morgan fingerprint density at radius 1 is 1.15 bits per heavy atom. The van der Waals surface area contributed by atoms with E-state index in [4.69, 9.17) is 4.42 Å². The van der Waals surface area contributed by atoms with Gasteiger partial charge in [0.2, 0.25) is 5.82 Å².